The monoisotopic (exact) mass is 410 g/mol. The minimum Gasteiger partial charge on any atom is -0.303 e. The largest absolute Gasteiger partial charge is 0.303 e. The molecule has 0 bridgehead atoms. The van der Waals surface area contributed by atoms with Crippen LogP contribution in [-0.4, -0.2) is 20.6 Å². The molecule has 28 heavy (non-hydrogen) atoms. The molecule has 0 fully saturated rings. The van der Waals surface area contributed by atoms with E-state index in [0.717, 1.165) is 44.7 Å². The third-order valence-corrected chi connectivity index (χ3v) is 6.83. The Labute approximate surface area is 178 Å². The maximum Gasteiger partial charge on any atom is 0.119 e. The van der Waals surface area contributed by atoms with Crippen molar-refractivity contribution in [2.45, 2.75) is 135 Å². The number of hydrogen-bond acceptors (Lipinski definition) is 2. The van der Waals surface area contributed by atoms with Crippen molar-refractivity contribution in [1.29, 1.82) is 0 Å². The quantitative estimate of drug-likeness (QED) is 0.0872. The van der Waals surface area contributed by atoms with Gasteiger partial charge in [-0.05, 0) is 25.7 Å². The zero-order valence-electron chi connectivity index (χ0n) is 19.5. The topological polar surface area (TPSA) is 34.1 Å². The van der Waals surface area contributed by atoms with Gasteiger partial charge in [0.05, 0.1) is 0 Å². The normalized spacial score (nSPS) is 10.8. The van der Waals surface area contributed by atoms with Crippen LogP contribution in [0, 0.1) is 0 Å². The van der Waals surface area contributed by atoms with Gasteiger partial charge in [0.2, 0.25) is 0 Å². The van der Waals surface area contributed by atoms with E-state index in [-0.39, 0.29) is 0 Å². The van der Waals surface area contributed by atoms with Crippen molar-refractivity contribution in [1.82, 2.24) is 0 Å². The van der Waals surface area contributed by atoms with Crippen LogP contribution in [0.1, 0.15) is 109 Å². The van der Waals surface area contributed by atoms with Crippen molar-refractivity contribution in [3.63, 3.8) is 0 Å². The minimum atomic E-state index is -0.781. The highest BCUT2D eigenvalue weighted by Gasteiger charge is 2.11. The molecule has 0 aromatic heterocycles. The van der Waals surface area contributed by atoms with Gasteiger partial charge in [-0.15, -0.1) is 6.58 Å². The van der Waals surface area contributed by atoms with Crippen LogP contribution < -0.4 is 0 Å². The summed E-state index contributed by atoms with van der Waals surface area (Å²) in [5.41, 5.74) is 0. The first kappa shape index (κ1) is 29.5. The molecule has 0 spiro atoms. The summed E-state index contributed by atoms with van der Waals surface area (Å²) in [7, 11) is -0.781. The van der Waals surface area contributed by atoms with Gasteiger partial charge in [-0.2, -0.15) is 0 Å². The van der Waals surface area contributed by atoms with Crippen LogP contribution in [0.3, 0.4) is 0 Å². The molecule has 2 nitrogen and oxygen atoms in total. The lowest BCUT2D eigenvalue weighted by molar-refractivity contribution is -0.108. The molecule has 0 aliphatic carbocycles. The molecule has 0 N–H and O–H groups in total. The van der Waals surface area contributed by atoms with Gasteiger partial charge in [0.25, 0.3) is 0 Å². The summed E-state index contributed by atoms with van der Waals surface area (Å²) in [6, 6.07) is 1.49. The molecule has 0 aliphatic rings. The standard InChI is InChI=1S/C14H30OSi.C11H20O/c1-16(2,3)14-12-10-8-6-4-5-7-9-11-13-15;1-2-3-4-5-6-7-8-9-10-11-12/h13H,4-12,14H2,1-3H3;2,11H,1,3-10H2. The first-order chi connectivity index (χ1) is 13.5. The molecule has 0 aromatic rings. The van der Waals surface area contributed by atoms with Crippen LogP contribution in [0.2, 0.25) is 25.7 Å². The van der Waals surface area contributed by atoms with E-state index in [0.29, 0.717) is 0 Å². The Bertz CT molecular complexity index is 320. The van der Waals surface area contributed by atoms with Crippen molar-refractivity contribution in [2.75, 3.05) is 0 Å². The molecule has 0 saturated carbocycles. The highest BCUT2D eigenvalue weighted by molar-refractivity contribution is 6.76. The Morgan fingerprint density at radius 3 is 1.18 bits per heavy atom. The summed E-state index contributed by atoms with van der Waals surface area (Å²) in [5, 5.41) is 0. The number of allylic oxidation sites excluding steroid dienone is 1. The molecule has 0 heterocycles. The van der Waals surface area contributed by atoms with Gasteiger partial charge in [0.1, 0.15) is 12.6 Å². The number of carbonyl (C=O) groups excluding carboxylic acids is 2. The molecule has 3 heteroatoms. The van der Waals surface area contributed by atoms with Crippen LogP contribution >= 0.6 is 0 Å². The number of hydrogen-bond donors (Lipinski definition) is 0. The van der Waals surface area contributed by atoms with Gasteiger partial charge in [0, 0.05) is 20.9 Å². The Kier molecular flexibility index (Phi) is 25.6. The van der Waals surface area contributed by atoms with Crippen LogP contribution in [0.5, 0.6) is 0 Å². The fourth-order valence-electron chi connectivity index (χ4n) is 3.17. The summed E-state index contributed by atoms with van der Waals surface area (Å²) in [5.74, 6) is 0. The van der Waals surface area contributed by atoms with Crippen LogP contribution in [-0.2, 0) is 9.59 Å². The zero-order valence-corrected chi connectivity index (χ0v) is 20.5. The molecule has 0 aliphatic heterocycles. The van der Waals surface area contributed by atoms with Crippen molar-refractivity contribution < 1.29 is 9.59 Å². The third-order valence-electron chi connectivity index (χ3n) is 4.98. The predicted molar refractivity (Wildman–Crippen MR) is 129 cm³/mol. The van der Waals surface area contributed by atoms with Crippen LogP contribution in [0.4, 0.5) is 0 Å². The highest BCUT2D eigenvalue weighted by atomic mass is 28.3. The molecular formula is C25H50O2Si. The van der Waals surface area contributed by atoms with E-state index >= 15 is 0 Å². The van der Waals surface area contributed by atoms with E-state index in [1.54, 1.807) is 0 Å². The van der Waals surface area contributed by atoms with Gasteiger partial charge in [0.15, 0.2) is 0 Å². The summed E-state index contributed by atoms with van der Waals surface area (Å²) in [6.45, 7) is 11.1. The third kappa shape index (κ3) is 32.9. The first-order valence-corrected chi connectivity index (χ1v) is 15.7. The smallest absolute Gasteiger partial charge is 0.119 e. The van der Waals surface area contributed by atoms with Gasteiger partial charge in [-0.1, -0.05) is 102 Å². The molecule has 0 saturated heterocycles. The van der Waals surface area contributed by atoms with E-state index < -0.39 is 8.07 Å². The van der Waals surface area contributed by atoms with Gasteiger partial charge < -0.3 is 9.59 Å². The van der Waals surface area contributed by atoms with Gasteiger partial charge in [-0.3, -0.25) is 0 Å². The Morgan fingerprint density at radius 2 is 0.857 bits per heavy atom. The van der Waals surface area contributed by atoms with Crippen molar-refractivity contribution in [3.05, 3.63) is 12.7 Å². The minimum absolute atomic E-state index is 0.743. The van der Waals surface area contributed by atoms with E-state index in [9.17, 15) is 9.59 Å². The molecule has 0 amide bonds. The maximum absolute atomic E-state index is 10.1. The Balaban J connectivity index is 0. The lowest BCUT2D eigenvalue weighted by Crippen LogP contribution is -2.18. The number of rotatable bonds is 20. The van der Waals surface area contributed by atoms with E-state index in [4.69, 9.17) is 0 Å². The summed E-state index contributed by atoms with van der Waals surface area (Å²) in [6.07, 6.45) is 24.9. The van der Waals surface area contributed by atoms with Crippen molar-refractivity contribution >= 4 is 20.6 Å². The van der Waals surface area contributed by atoms with E-state index in [2.05, 4.69) is 26.2 Å². The fourth-order valence-corrected chi connectivity index (χ4v) is 4.48. The van der Waals surface area contributed by atoms with Crippen molar-refractivity contribution in [2.24, 2.45) is 0 Å². The van der Waals surface area contributed by atoms with Crippen molar-refractivity contribution in [3.8, 4) is 0 Å². The predicted octanol–water partition coefficient (Wildman–Crippen LogP) is 8.53. The SMILES string of the molecule is C=CCCCCCCCCC=O.C[Si](C)(C)CCCCCCCCCCC=O. The Morgan fingerprint density at radius 1 is 0.536 bits per heavy atom. The van der Waals surface area contributed by atoms with Crippen LogP contribution in [0.15, 0.2) is 12.7 Å². The molecular weight excluding hydrogens is 360 g/mol. The first-order valence-electron chi connectivity index (χ1n) is 12.0. The number of aldehydes is 2. The molecule has 0 radical (unpaired) electrons. The summed E-state index contributed by atoms with van der Waals surface area (Å²) >= 11 is 0. The summed E-state index contributed by atoms with van der Waals surface area (Å²) in [4.78, 5) is 20.1. The van der Waals surface area contributed by atoms with Gasteiger partial charge >= 0.3 is 0 Å². The van der Waals surface area contributed by atoms with Gasteiger partial charge in [-0.25, -0.2) is 0 Å². The molecule has 166 valence electrons. The average Bonchev–Trinajstić information content (AvgIpc) is 2.65. The van der Waals surface area contributed by atoms with Crippen LogP contribution in [0.25, 0.3) is 0 Å². The fraction of sp³-hybridized carbons (Fsp3) is 0.840. The van der Waals surface area contributed by atoms with E-state index in [1.807, 2.05) is 6.08 Å². The Hall–Kier alpha value is -0.703. The molecule has 0 unspecified atom stereocenters. The number of carbonyl (C=O) groups is 2. The second kappa shape index (κ2) is 24.3. The summed E-state index contributed by atoms with van der Waals surface area (Å²) < 4.78 is 0. The van der Waals surface area contributed by atoms with E-state index in [1.165, 1.54) is 83.1 Å². The molecule has 0 rings (SSSR count). The number of unbranched alkanes of at least 4 members (excludes halogenated alkanes) is 15. The lowest BCUT2D eigenvalue weighted by atomic mass is 10.1. The zero-order chi connectivity index (χ0) is 21.3. The lowest BCUT2D eigenvalue weighted by Gasteiger charge is -2.14. The maximum atomic E-state index is 10.1. The molecule has 0 aromatic carbocycles. The molecule has 0 atom stereocenters. The second-order valence-corrected chi connectivity index (χ2v) is 14.9. The second-order valence-electron chi connectivity index (χ2n) is 9.25. The highest BCUT2D eigenvalue weighted by Crippen LogP contribution is 2.16. The average molecular weight is 411 g/mol.